The molecule has 3 heteroatoms. The molecule has 0 saturated heterocycles. The zero-order valence-corrected chi connectivity index (χ0v) is 7.42. The number of aryl methyl sites for hydroxylation is 1. The number of halogens is 1. The summed E-state index contributed by atoms with van der Waals surface area (Å²) in [4.78, 5) is 0. The summed E-state index contributed by atoms with van der Waals surface area (Å²) in [6.07, 6.45) is 1.39. The lowest BCUT2D eigenvalue weighted by atomic mass is 10.0. The fourth-order valence-electron chi connectivity index (χ4n) is 1.13. The van der Waals surface area contributed by atoms with Crippen LogP contribution in [-0.4, -0.2) is 5.11 Å². The number of aromatic hydroxyl groups is 1. The van der Waals surface area contributed by atoms with Crippen LogP contribution in [0.1, 0.15) is 17.2 Å². The van der Waals surface area contributed by atoms with Crippen molar-refractivity contribution in [1.82, 2.24) is 0 Å². The third kappa shape index (κ3) is 1.70. The van der Waals surface area contributed by atoms with Gasteiger partial charge in [0.25, 0.3) is 0 Å². The molecule has 70 valence electrons. The van der Waals surface area contributed by atoms with E-state index in [1.54, 1.807) is 6.92 Å². The zero-order chi connectivity index (χ0) is 10.0. The lowest BCUT2D eigenvalue weighted by Gasteiger charge is -2.11. The van der Waals surface area contributed by atoms with Crippen LogP contribution in [0.15, 0.2) is 24.8 Å². The quantitative estimate of drug-likeness (QED) is 0.686. The van der Waals surface area contributed by atoms with Gasteiger partial charge in [0.2, 0.25) is 0 Å². The topological polar surface area (TPSA) is 46.2 Å². The van der Waals surface area contributed by atoms with Gasteiger partial charge < -0.3 is 10.8 Å². The highest BCUT2D eigenvalue weighted by Crippen LogP contribution is 2.29. The molecule has 0 heterocycles. The van der Waals surface area contributed by atoms with Gasteiger partial charge in [0, 0.05) is 0 Å². The molecule has 1 rings (SSSR count). The molecule has 0 aliphatic heterocycles. The molecule has 0 aliphatic carbocycles. The molecule has 0 spiro atoms. The number of phenols is 1. The second-order valence-electron chi connectivity index (χ2n) is 2.89. The van der Waals surface area contributed by atoms with E-state index in [-0.39, 0.29) is 11.3 Å². The van der Waals surface area contributed by atoms with E-state index in [4.69, 9.17) is 5.73 Å². The largest absolute Gasteiger partial charge is 0.507 e. The van der Waals surface area contributed by atoms with Gasteiger partial charge >= 0.3 is 0 Å². The van der Waals surface area contributed by atoms with Gasteiger partial charge in [0.05, 0.1) is 11.6 Å². The van der Waals surface area contributed by atoms with Crippen molar-refractivity contribution >= 4 is 0 Å². The summed E-state index contributed by atoms with van der Waals surface area (Å²) >= 11 is 0. The number of hydrogen-bond acceptors (Lipinski definition) is 2. The maximum atomic E-state index is 13.2. The maximum Gasteiger partial charge on any atom is 0.132 e. The first-order valence-corrected chi connectivity index (χ1v) is 3.94. The number of nitrogens with two attached hydrogens (primary N) is 1. The van der Waals surface area contributed by atoms with E-state index in [0.29, 0.717) is 5.56 Å². The Labute approximate surface area is 76.5 Å². The molecule has 13 heavy (non-hydrogen) atoms. The molecule has 2 nitrogen and oxygen atoms in total. The molecule has 0 aliphatic rings. The summed E-state index contributed by atoms with van der Waals surface area (Å²) in [6.45, 7) is 5.13. The fourth-order valence-corrected chi connectivity index (χ4v) is 1.13. The van der Waals surface area contributed by atoms with Gasteiger partial charge in [-0.2, -0.15) is 0 Å². The standard InChI is InChI=1S/C10H12FNO/c1-3-8(12)9-7(11)5-4-6(2)10(9)13/h3-5,8,13H,1,12H2,2H3/t8-/m1/s1. The van der Waals surface area contributed by atoms with Gasteiger partial charge in [-0.3, -0.25) is 0 Å². The summed E-state index contributed by atoms with van der Waals surface area (Å²) in [5.41, 5.74) is 6.26. The van der Waals surface area contributed by atoms with Crippen LogP contribution in [0.5, 0.6) is 5.75 Å². The van der Waals surface area contributed by atoms with Gasteiger partial charge in [-0.25, -0.2) is 4.39 Å². The van der Waals surface area contributed by atoms with Crippen LogP contribution < -0.4 is 5.73 Å². The van der Waals surface area contributed by atoms with Crippen molar-refractivity contribution in [2.75, 3.05) is 0 Å². The minimum absolute atomic E-state index is 0.0904. The smallest absolute Gasteiger partial charge is 0.132 e. The van der Waals surface area contributed by atoms with Crippen molar-refractivity contribution in [3.05, 3.63) is 41.7 Å². The molecule has 0 radical (unpaired) electrons. The van der Waals surface area contributed by atoms with Crippen molar-refractivity contribution in [1.29, 1.82) is 0 Å². The van der Waals surface area contributed by atoms with Gasteiger partial charge in [-0.1, -0.05) is 12.1 Å². The van der Waals surface area contributed by atoms with E-state index in [1.165, 1.54) is 18.2 Å². The fraction of sp³-hybridized carbons (Fsp3) is 0.200. The van der Waals surface area contributed by atoms with Crippen molar-refractivity contribution < 1.29 is 9.50 Å². The SMILES string of the molecule is C=C[C@@H](N)c1c(F)ccc(C)c1O. The number of phenolic OH excluding ortho intramolecular Hbond substituents is 1. The maximum absolute atomic E-state index is 13.2. The van der Waals surface area contributed by atoms with E-state index < -0.39 is 11.9 Å². The molecular weight excluding hydrogens is 169 g/mol. The Morgan fingerprint density at radius 2 is 2.23 bits per heavy atom. The Morgan fingerprint density at radius 1 is 1.62 bits per heavy atom. The van der Waals surface area contributed by atoms with Crippen LogP contribution >= 0.6 is 0 Å². The molecule has 1 aromatic rings. The average Bonchev–Trinajstić information content (AvgIpc) is 2.12. The minimum Gasteiger partial charge on any atom is -0.507 e. The lowest BCUT2D eigenvalue weighted by molar-refractivity contribution is 0.451. The second kappa shape index (κ2) is 3.58. The van der Waals surface area contributed by atoms with Crippen LogP contribution in [-0.2, 0) is 0 Å². The number of hydrogen-bond donors (Lipinski definition) is 2. The number of benzene rings is 1. The molecule has 0 fully saturated rings. The van der Waals surface area contributed by atoms with Crippen molar-refractivity contribution in [3.63, 3.8) is 0 Å². The van der Waals surface area contributed by atoms with E-state index in [0.717, 1.165) is 0 Å². The molecule has 0 unspecified atom stereocenters. The highest BCUT2D eigenvalue weighted by atomic mass is 19.1. The Kier molecular flexibility index (Phi) is 2.68. The predicted octanol–water partition coefficient (Wildman–Crippen LogP) is 2.03. The molecule has 1 aromatic carbocycles. The van der Waals surface area contributed by atoms with E-state index in [9.17, 15) is 9.50 Å². The third-order valence-corrected chi connectivity index (χ3v) is 1.95. The highest BCUT2D eigenvalue weighted by molar-refractivity contribution is 5.43. The molecule has 0 aromatic heterocycles. The van der Waals surface area contributed by atoms with E-state index in [2.05, 4.69) is 6.58 Å². The molecular formula is C10H12FNO. The predicted molar refractivity (Wildman–Crippen MR) is 49.9 cm³/mol. The van der Waals surface area contributed by atoms with Gasteiger partial charge in [0.1, 0.15) is 11.6 Å². The van der Waals surface area contributed by atoms with Crippen molar-refractivity contribution in [2.45, 2.75) is 13.0 Å². The highest BCUT2D eigenvalue weighted by Gasteiger charge is 2.14. The summed E-state index contributed by atoms with van der Waals surface area (Å²) < 4.78 is 13.2. The van der Waals surface area contributed by atoms with Crippen molar-refractivity contribution in [3.8, 4) is 5.75 Å². The van der Waals surface area contributed by atoms with E-state index in [1.807, 2.05) is 0 Å². The second-order valence-corrected chi connectivity index (χ2v) is 2.89. The Hall–Kier alpha value is -1.35. The van der Waals surface area contributed by atoms with Crippen LogP contribution in [0.25, 0.3) is 0 Å². The summed E-state index contributed by atoms with van der Waals surface area (Å²) in [5, 5.41) is 9.51. The first-order chi connectivity index (χ1) is 6.07. The Morgan fingerprint density at radius 3 is 2.77 bits per heavy atom. The summed E-state index contributed by atoms with van der Waals surface area (Å²) in [6, 6.07) is 2.12. The zero-order valence-electron chi connectivity index (χ0n) is 7.42. The first-order valence-electron chi connectivity index (χ1n) is 3.94. The molecule has 0 saturated carbocycles. The summed E-state index contributed by atoms with van der Waals surface area (Å²) in [5.74, 6) is -0.595. The normalized spacial score (nSPS) is 12.5. The minimum atomic E-state index is -0.667. The Bertz CT molecular complexity index is 336. The van der Waals surface area contributed by atoms with Gasteiger partial charge in [-0.05, 0) is 18.6 Å². The first kappa shape index (κ1) is 9.74. The van der Waals surface area contributed by atoms with E-state index >= 15 is 0 Å². The molecule has 0 bridgehead atoms. The molecule has 1 atom stereocenters. The molecule has 0 amide bonds. The number of rotatable bonds is 2. The van der Waals surface area contributed by atoms with Crippen LogP contribution in [0, 0.1) is 12.7 Å². The van der Waals surface area contributed by atoms with Crippen LogP contribution in [0.4, 0.5) is 4.39 Å². The van der Waals surface area contributed by atoms with Crippen molar-refractivity contribution in [2.24, 2.45) is 5.73 Å². The van der Waals surface area contributed by atoms with Crippen LogP contribution in [0.3, 0.4) is 0 Å². The average molecular weight is 181 g/mol. The molecule has 3 N–H and O–H groups in total. The lowest BCUT2D eigenvalue weighted by Crippen LogP contribution is -2.09. The van der Waals surface area contributed by atoms with Gasteiger partial charge in [-0.15, -0.1) is 6.58 Å². The summed E-state index contributed by atoms with van der Waals surface area (Å²) in [7, 11) is 0. The van der Waals surface area contributed by atoms with Crippen LogP contribution in [0.2, 0.25) is 0 Å². The monoisotopic (exact) mass is 181 g/mol. The van der Waals surface area contributed by atoms with Gasteiger partial charge in [0.15, 0.2) is 0 Å². The Balaban J connectivity index is 3.32. The third-order valence-electron chi connectivity index (χ3n) is 1.95.